The number of aliphatic hydroxyl groups excluding tert-OH is 1. The second-order valence-corrected chi connectivity index (χ2v) is 9.63. The zero-order valence-electron chi connectivity index (χ0n) is 21.0. The number of hydrogen-bond donors (Lipinski definition) is 5. The summed E-state index contributed by atoms with van der Waals surface area (Å²) in [6.07, 6.45) is -3.96. The summed E-state index contributed by atoms with van der Waals surface area (Å²) >= 11 is 0. The Kier molecular flexibility index (Phi) is 8.88. The van der Waals surface area contributed by atoms with E-state index in [1.165, 1.54) is 18.2 Å². The van der Waals surface area contributed by atoms with Gasteiger partial charge in [-0.1, -0.05) is 18.2 Å². The van der Waals surface area contributed by atoms with Gasteiger partial charge in [0.25, 0.3) is 0 Å². The van der Waals surface area contributed by atoms with Gasteiger partial charge in [0.2, 0.25) is 11.5 Å². The minimum Gasteiger partial charge on any atom is -0.506 e. The Balaban J connectivity index is 1.19. The average Bonchev–Trinajstić information content (AvgIpc) is 2.90. The van der Waals surface area contributed by atoms with Crippen LogP contribution >= 0.6 is 0 Å². The SMILES string of the molecule is O=C(CCN1CCC(NC[C@@H](O)c2ccc(O)c3[nH]c(=O)ccc23)CC1)NCc1cccc(C(F)(F)F)c1F. The maximum absolute atomic E-state index is 14.1. The molecule has 0 saturated carbocycles. The van der Waals surface area contributed by atoms with Crippen LogP contribution in [0.25, 0.3) is 10.9 Å². The van der Waals surface area contributed by atoms with Gasteiger partial charge in [-0.25, -0.2) is 4.39 Å². The van der Waals surface area contributed by atoms with Crippen LogP contribution in [0.1, 0.15) is 42.1 Å². The van der Waals surface area contributed by atoms with Crippen molar-refractivity contribution in [2.75, 3.05) is 26.2 Å². The number of pyridine rings is 1. The monoisotopic (exact) mass is 550 g/mol. The lowest BCUT2D eigenvalue weighted by molar-refractivity contribution is -0.140. The van der Waals surface area contributed by atoms with Gasteiger partial charge < -0.3 is 30.7 Å². The Labute approximate surface area is 221 Å². The topological polar surface area (TPSA) is 118 Å². The van der Waals surface area contributed by atoms with E-state index in [-0.39, 0.29) is 53.8 Å². The molecule has 3 aromatic rings. The number of hydrogen-bond acceptors (Lipinski definition) is 6. The van der Waals surface area contributed by atoms with Gasteiger partial charge in [-0.15, -0.1) is 0 Å². The number of halogens is 4. The second-order valence-electron chi connectivity index (χ2n) is 9.63. The number of alkyl halides is 3. The molecular formula is C27H30F4N4O4. The molecule has 0 bridgehead atoms. The fourth-order valence-electron chi connectivity index (χ4n) is 4.78. The number of piperidine rings is 1. The third kappa shape index (κ3) is 7.14. The van der Waals surface area contributed by atoms with Gasteiger partial charge in [-0.2, -0.15) is 13.2 Å². The predicted octanol–water partition coefficient (Wildman–Crippen LogP) is 3.19. The van der Waals surface area contributed by atoms with Gasteiger partial charge >= 0.3 is 6.18 Å². The first kappa shape index (κ1) is 28.5. The van der Waals surface area contributed by atoms with E-state index in [4.69, 9.17) is 0 Å². The molecule has 1 aliphatic rings. The molecule has 2 heterocycles. The third-order valence-electron chi connectivity index (χ3n) is 6.97. The van der Waals surface area contributed by atoms with E-state index in [0.717, 1.165) is 18.9 Å². The van der Waals surface area contributed by atoms with Crippen molar-refractivity contribution in [2.45, 2.75) is 44.1 Å². The highest BCUT2D eigenvalue weighted by molar-refractivity contribution is 5.87. The molecule has 39 heavy (non-hydrogen) atoms. The molecule has 1 fully saturated rings. The Morgan fingerprint density at radius 3 is 2.59 bits per heavy atom. The van der Waals surface area contributed by atoms with Gasteiger partial charge in [0, 0.05) is 49.1 Å². The number of aromatic nitrogens is 1. The lowest BCUT2D eigenvalue weighted by Gasteiger charge is -2.32. The fraction of sp³-hybridized carbons (Fsp3) is 0.407. The highest BCUT2D eigenvalue weighted by Gasteiger charge is 2.34. The summed E-state index contributed by atoms with van der Waals surface area (Å²) in [6, 6.07) is 9.10. The lowest BCUT2D eigenvalue weighted by Crippen LogP contribution is -2.44. The number of carbonyl (C=O) groups is 1. The van der Waals surface area contributed by atoms with Crippen molar-refractivity contribution in [1.82, 2.24) is 20.5 Å². The Hall–Kier alpha value is -3.48. The molecule has 0 radical (unpaired) electrons. The number of phenolic OH excluding ortho intramolecular Hbond substituents is 1. The van der Waals surface area contributed by atoms with E-state index in [1.54, 1.807) is 12.1 Å². The first-order valence-electron chi connectivity index (χ1n) is 12.6. The quantitative estimate of drug-likeness (QED) is 0.261. The molecule has 0 aliphatic carbocycles. The minimum absolute atomic E-state index is 0.0736. The number of carbonyl (C=O) groups excluding carboxylic acids is 1. The normalized spacial score (nSPS) is 15.9. The maximum Gasteiger partial charge on any atom is 0.419 e. The first-order chi connectivity index (χ1) is 18.5. The number of phenols is 1. The van der Waals surface area contributed by atoms with Crippen LogP contribution < -0.4 is 16.2 Å². The van der Waals surface area contributed by atoms with Crippen molar-refractivity contribution in [3.8, 4) is 5.75 Å². The molecule has 0 unspecified atom stereocenters. The highest BCUT2D eigenvalue weighted by atomic mass is 19.4. The molecule has 2 aromatic carbocycles. The summed E-state index contributed by atoms with van der Waals surface area (Å²) < 4.78 is 52.7. The Bertz CT molecular complexity index is 1370. The molecule has 0 spiro atoms. The van der Waals surface area contributed by atoms with Crippen molar-refractivity contribution in [3.05, 3.63) is 75.3 Å². The van der Waals surface area contributed by atoms with Crippen molar-refractivity contribution in [1.29, 1.82) is 0 Å². The van der Waals surface area contributed by atoms with E-state index in [1.807, 2.05) is 0 Å². The summed E-state index contributed by atoms with van der Waals surface area (Å²) in [5, 5.41) is 27.2. The molecule has 1 amide bonds. The maximum atomic E-state index is 14.1. The third-order valence-corrected chi connectivity index (χ3v) is 6.97. The van der Waals surface area contributed by atoms with Crippen LogP contribution in [0.2, 0.25) is 0 Å². The number of fused-ring (bicyclic) bond motifs is 1. The number of nitrogens with zero attached hydrogens (tertiary/aromatic N) is 1. The van der Waals surface area contributed by atoms with Gasteiger partial charge in [0.1, 0.15) is 11.6 Å². The number of H-pyrrole nitrogens is 1. The molecule has 1 saturated heterocycles. The molecule has 8 nitrogen and oxygen atoms in total. The largest absolute Gasteiger partial charge is 0.506 e. The number of rotatable bonds is 9. The van der Waals surface area contributed by atoms with Gasteiger partial charge in [-0.05, 0) is 49.7 Å². The zero-order chi connectivity index (χ0) is 28.2. The molecule has 1 atom stereocenters. The number of aromatic hydroxyl groups is 1. The molecule has 1 aliphatic heterocycles. The number of aromatic amines is 1. The molecular weight excluding hydrogens is 520 g/mol. The van der Waals surface area contributed by atoms with Crippen LogP contribution in [-0.4, -0.2) is 58.2 Å². The van der Waals surface area contributed by atoms with E-state index in [2.05, 4.69) is 20.5 Å². The highest BCUT2D eigenvalue weighted by Crippen LogP contribution is 2.32. The number of amides is 1. The summed E-state index contributed by atoms with van der Waals surface area (Å²) in [4.78, 5) is 28.5. The number of benzene rings is 2. The standard InChI is InChI=1S/C27H30F4N4O4/c28-25-16(2-1-3-20(25)27(29,30)31)14-33-23(38)10-13-35-11-8-17(9-12-35)32-15-22(37)18-4-6-21(36)26-19(18)5-7-24(39)34-26/h1-7,17,22,32,36-37H,8-15H2,(H,33,38)(H,34,39)/t22-/m1/s1. The first-order valence-corrected chi connectivity index (χ1v) is 12.6. The van der Waals surface area contributed by atoms with Gasteiger partial charge in [0.05, 0.1) is 17.2 Å². The number of aliphatic hydroxyl groups is 1. The van der Waals surface area contributed by atoms with E-state index >= 15 is 0 Å². The lowest BCUT2D eigenvalue weighted by atomic mass is 10.0. The predicted molar refractivity (Wildman–Crippen MR) is 137 cm³/mol. The van der Waals surface area contributed by atoms with Crippen molar-refractivity contribution >= 4 is 16.8 Å². The Morgan fingerprint density at radius 2 is 1.87 bits per heavy atom. The molecule has 4 rings (SSSR count). The summed E-state index contributed by atoms with van der Waals surface area (Å²) in [7, 11) is 0. The van der Waals surface area contributed by atoms with E-state index < -0.39 is 23.7 Å². The van der Waals surface area contributed by atoms with Crippen molar-refractivity contribution in [2.24, 2.45) is 0 Å². The minimum atomic E-state index is -4.80. The number of likely N-dealkylation sites (tertiary alicyclic amines) is 1. The summed E-state index contributed by atoms with van der Waals surface area (Å²) in [5.74, 6) is -1.83. The second kappa shape index (κ2) is 12.1. The molecule has 1 aromatic heterocycles. The summed E-state index contributed by atoms with van der Waals surface area (Å²) in [6.45, 7) is 1.84. The summed E-state index contributed by atoms with van der Waals surface area (Å²) in [5.41, 5.74) is -1.07. The number of nitrogens with one attached hydrogen (secondary N) is 3. The van der Waals surface area contributed by atoms with Crippen LogP contribution in [0.3, 0.4) is 0 Å². The van der Waals surface area contributed by atoms with Crippen molar-refractivity contribution in [3.63, 3.8) is 0 Å². The molecule has 12 heteroatoms. The van der Waals surface area contributed by atoms with Crippen LogP contribution in [0.15, 0.2) is 47.3 Å². The van der Waals surface area contributed by atoms with Crippen LogP contribution in [0.5, 0.6) is 5.75 Å². The molecule has 5 N–H and O–H groups in total. The van der Waals surface area contributed by atoms with Crippen LogP contribution in [0.4, 0.5) is 17.6 Å². The fourth-order valence-corrected chi connectivity index (χ4v) is 4.78. The smallest absolute Gasteiger partial charge is 0.419 e. The van der Waals surface area contributed by atoms with E-state index in [9.17, 15) is 37.4 Å². The van der Waals surface area contributed by atoms with Crippen LogP contribution in [-0.2, 0) is 17.5 Å². The van der Waals surface area contributed by atoms with Gasteiger partial charge in [0.15, 0.2) is 0 Å². The van der Waals surface area contributed by atoms with Crippen LogP contribution in [0, 0.1) is 5.82 Å². The zero-order valence-corrected chi connectivity index (χ0v) is 21.0. The Morgan fingerprint density at radius 1 is 1.13 bits per heavy atom. The van der Waals surface area contributed by atoms with E-state index in [0.29, 0.717) is 36.7 Å². The molecule has 210 valence electrons. The van der Waals surface area contributed by atoms with Gasteiger partial charge in [-0.3, -0.25) is 9.59 Å². The van der Waals surface area contributed by atoms with Crippen molar-refractivity contribution < 1.29 is 32.6 Å². The average molecular weight is 551 g/mol.